The van der Waals surface area contributed by atoms with Crippen molar-refractivity contribution in [2.24, 2.45) is 0 Å². The van der Waals surface area contributed by atoms with Gasteiger partial charge in [0.15, 0.2) is 28.2 Å². The average molecular weight is 661 g/mol. The van der Waals surface area contributed by atoms with E-state index in [4.69, 9.17) is 28.7 Å². The number of aromatic nitrogens is 2. The monoisotopic (exact) mass is 660 g/mol. The van der Waals surface area contributed by atoms with Crippen LogP contribution >= 0.6 is 11.8 Å². The van der Waals surface area contributed by atoms with Crippen LogP contribution in [0.1, 0.15) is 44.6 Å². The molecule has 1 aromatic heterocycles. The number of unbranched alkanes of at least 4 members (excludes halogenated alkanes) is 2. The van der Waals surface area contributed by atoms with Crippen LogP contribution in [-0.4, -0.2) is 47.3 Å². The summed E-state index contributed by atoms with van der Waals surface area (Å²) in [5, 5.41) is 6.22. The summed E-state index contributed by atoms with van der Waals surface area (Å²) >= 11 is 1.25. The molecule has 0 saturated carbocycles. The number of ether oxygens (including phenoxy) is 5. The Hall–Kier alpha value is -4.91. The highest BCUT2D eigenvalue weighted by Crippen LogP contribution is 2.37. The molecule has 2 aliphatic rings. The minimum Gasteiger partial charge on any atom is -0.497 e. The molecule has 12 nitrogen and oxygen atoms in total. The number of hydrogen-bond acceptors (Lipinski definition) is 10. The lowest BCUT2D eigenvalue weighted by atomic mass is 10.1. The van der Waals surface area contributed by atoms with Gasteiger partial charge in [0.1, 0.15) is 5.75 Å². The van der Waals surface area contributed by atoms with E-state index in [0.717, 1.165) is 17.7 Å². The fraction of sp³-hybridized carbons (Fsp3) is 0.353. The summed E-state index contributed by atoms with van der Waals surface area (Å²) < 4.78 is 28.6. The van der Waals surface area contributed by atoms with Gasteiger partial charge in [-0.25, -0.2) is 4.98 Å². The van der Waals surface area contributed by atoms with Crippen LogP contribution in [0.2, 0.25) is 0 Å². The predicted molar refractivity (Wildman–Crippen MR) is 177 cm³/mol. The third kappa shape index (κ3) is 7.57. The van der Waals surface area contributed by atoms with E-state index in [9.17, 15) is 14.4 Å². The molecule has 0 fully saturated rings. The third-order valence-electron chi connectivity index (χ3n) is 7.90. The molecule has 1 unspecified atom stereocenters. The highest BCUT2D eigenvalue weighted by Gasteiger charge is 2.25. The molecule has 0 aliphatic carbocycles. The lowest BCUT2D eigenvalue weighted by molar-refractivity contribution is -0.121. The van der Waals surface area contributed by atoms with Crippen molar-refractivity contribution < 1.29 is 33.3 Å². The molecule has 13 heteroatoms. The lowest BCUT2D eigenvalue weighted by Crippen LogP contribution is -2.28. The van der Waals surface area contributed by atoms with Crippen molar-refractivity contribution in [3.63, 3.8) is 0 Å². The van der Waals surface area contributed by atoms with Crippen LogP contribution in [-0.2, 0) is 22.7 Å². The molecule has 2 aliphatic heterocycles. The number of carbonyl (C=O) groups excluding carboxylic acids is 2. The summed E-state index contributed by atoms with van der Waals surface area (Å²) in [6, 6.07) is 16.2. The van der Waals surface area contributed by atoms with Crippen LogP contribution in [0.3, 0.4) is 0 Å². The second-order valence-electron chi connectivity index (χ2n) is 11.1. The molecule has 6 rings (SSSR count). The van der Waals surface area contributed by atoms with Gasteiger partial charge in [0.2, 0.25) is 25.4 Å². The van der Waals surface area contributed by atoms with Crippen molar-refractivity contribution >= 4 is 40.2 Å². The van der Waals surface area contributed by atoms with Crippen molar-refractivity contribution in [2.75, 3.05) is 26.0 Å². The first-order chi connectivity index (χ1) is 22.9. The number of nitrogens with zero attached hydrogens (tertiary/aromatic N) is 2. The second kappa shape index (κ2) is 14.7. The molecule has 3 aromatic carbocycles. The van der Waals surface area contributed by atoms with Crippen LogP contribution < -0.4 is 39.9 Å². The van der Waals surface area contributed by atoms with Gasteiger partial charge >= 0.3 is 0 Å². The molecular formula is C34H36N4O8S. The quantitative estimate of drug-likeness (QED) is 0.105. The fourth-order valence-corrected chi connectivity index (χ4v) is 6.33. The smallest absolute Gasteiger partial charge is 0.262 e. The molecule has 0 radical (unpaired) electrons. The molecule has 1 atom stereocenters. The Labute approximate surface area is 275 Å². The average Bonchev–Trinajstić information content (AvgIpc) is 3.75. The van der Waals surface area contributed by atoms with E-state index < -0.39 is 5.25 Å². The zero-order valence-electron chi connectivity index (χ0n) is 26.2. The maximum atomic E-state index is 13.8. The molecule has 2 N–H and O–H groups in total. The second-order valence-corrected chi connectivity index (χ2v) is 12.3. The number of carbonyl (C=O) groups is 2. The molecule has 4 aromatic rings. The first-order valence-corrected chi connectivity index (χ1v) is 16.4. The van der Waals surface area contributed by atoms with E-state index >= 15 is 0 Å². The minimum absolute atomic E-state index is 0.0306. The van der Waals surface area contributed by atoms with Gasteiger partial charge in [0.05, 0.1) is 23.3 Å². The Morgan fingerprint density at radius 1 is 0.936 bits per heavy atom. The topological polar surface area (TPSA) is 139 Å². The van der Waals surface area contributed by atoms with Crippen LogP contribution in [0.25, 0.3) is 10.9 Å². The number of methoxy groups -OCH3 is 1. The summed E-state index contributed by atoms with van der Waals surface area (Å²) in [4.78, 5) is 44.5. The maximum absolute atomic E-state index is 13.8. The summed E-state index contributed by atoms with van der Waals surface area (Å²) in [6.07, 6.45) is 2.93. The minimum atomic E-state index is -0.528. The summed E-state index contributed by atoms with van der Waals surface area (Å²) in [5.41, 5.74) is 1.82. The number of benzene rings is 3. The Morgan fingerprint density at radius 2 is 1.66 bits per heavy atom. The first kappa shape index (κ1) is 32.0. The molecule has 0 bridgehead atoms. The van der Waals surface area contributed by atoms with Gasteiger partial charge in [-0.3, -0.25) is 19.0 Å². The first-order valence-electron chi connectivity index (χ1n) is 15.5. The molecule has 2 amide bonds. The van der Waals surface area contributed by atoms with E-state index in [1.165, 1.54) is 11.8 Å². The van der Waals surface area contributed by atoms with Gasteiger partial charge in [-0.15, -0.1) is 0 Å². The van der Waals surface area contributed by atoms with Crippen LogP contribution in [0.5, 0.6) is 28.7 Å². The van der Waals surface area contributed by atoms with E-state index in [1.807, 2.05) is 31.2 Å². The van der Waals surface area contributed by atoms with Gasteiger partial charge in [-0.2, -0.15) is 0 Å². The van der Waals surface area contributed by atoms with Gasteiger partial charge in [0.25, 0.3) is 5.56 Å². The molecule has 3 heterocycles. The molecule has 0 saturated heterocycles. The van der Waals surface area contributed by atoms with Crippen molar-refractivity contribution in [1.29, 1.82) is 0 Å². The zero-order chi connectivity index (χ0) is 32.8. The van der Waals surface area contributed by atoms with Crippen molar-refractivity contribution in [2.45, 2.75) is 62.5 Å². The van der Waals surface area contributed by atoms with Crippen LogP contribution in [0.15, 0.2) is 64.5 Å². The van der Waals surface area contributed by atoms with Gasteiger partial charge in [-0.1, -0.05) is 37.2 Å². The Kier molecular flexibility index (Phi) is 10.0. The summed E-state index contributed by atoms with van der Waals surface area (Å²) in [6.45, 7) is 2.96. The molecule has 246 valence electrons. The van der Waals surface area contributed by atoms with E-state index in [1.54, 1.807) is 42.0 Å². The summed E-state index contributed by atoms with van der Waals surface area (Å²) in [7, 11) is 1.61. The van der Waals surface area contributed by atoms with E-state index in [-0.39, 0.29) is 31.0 Å². The van der Waals surface area contributed by atoms with Crippen LogP contribution in [0.4, 0.5) is 5.69 Å². The van der Waals surface area contributed by atoms with Gasteiger partial charge in [-0.05, 0) is 55.2 Å². The largest absolute Gasteiger partial charge is 0.497 e. The number of hydrogen-bond donors (Lipinski definition) is 2. The van der Waals surface area contributed by atoms with Gasteiger partial charge in [0, 0.05) is 37.3 Å². The van der Waals surface area contributed by atoms with Crippen molar-refractivity contribution in [3.05, 3.63) is 70.5 Å². The van der Waals surface area contributed by atoms with E-state index in [0.29, 0.717) is 83.5 Å². The van der Waals surface area contributed by atoms with Crippen LogP contribution in [0, 0.1) is 0 Å². The highest BCUT2D eigenvalue weighted by molar-refractivity contribution is 8.00. The van der Waals surface area contributed by atoms with Crippen molar-refractivity contribution in [1.82, 2.24) is 14.9 Å². The standard InChI is InChI=1S/C34H36N4O8S/c1-3-30(32(40)36-22-10-13-26-27(15-22)44-19-43-26)47-34-37-25-17-29-28(45-20-46-29)16-24(25)33(41)38(34)14-6-4-5-7-31(39)35-18-21-8-11-23(42-2)12-9-21/h8-13,15-17,30H,3-7,14,18-20H2,1-2H3,(H,35,39)(H,36,40). The lowest BCUT2D eigenvalue weighted by Gasteiger charge is -2.18. The zero-order valence-corrected chi connectivity index (χ0v) is 27.0. The Bertz CT molecular complexity index is 1830. The molecular weight excluding hydrogens is 624 g/mol. The highest BCUT2D eigenvalue weighted by atomic mass is 32.2. The SMILES string of the molecule is CCC(Sc1nc2cc3c(cc2c(=O)n1CCCCCC(=O)NCc1ccc(OC)cc1)OCO3)C(=O)Nc1ccc2c(c1)OCO2. The summed E-state index contributed by atoms with van der Waals surface area (Å²) in [5.74, 6) is 2.74. The van der Waals surface area contributed by atoms with Crippen molar-refractivity contribution in [3.8, 4) is 28.7 Å². The number of rotatable bonds is 14. The predicted octanol–water partition coefficient (Wildman–Crippen LogP) is 5.25. The number of nitrogens with one attached hydrogen (secondary N) is 2. The molecule has 0 spiro atoms. The van der Waals surface area contributed by atoms with Gasteiger partial charge < -0.3 is 34.3 Å². The number of amides is 2. The molecule has 47 heavy (non-hydrogen) atoms. The Morgan fingerprint density at radius 3 is 2.40 bits per heavy atom. The third-order valence-corrected chi connectivity index (χ3v) is 9.25. The Balaban J connectivity index is 1.11. The number of fused-ring (bicyclic) bond motifs is 3. The number of anilines is 1. The fourth-order valence-electron chi connectivity index (χ4n) is 5.29. The maximum Gasteiger partial charge on any atom is 0.262 e. The van der Waals surface area contributed by atoms with E-state index in [2.05, 4.69) is 10.6 Å². The number of thioether (sulfide) groups is 1. The normalized spacial score (nSPS) is 13.4.